The van der Waals surface area contributed by atoms with Gasteiger partial charge in [0.05, 0.1) is 0 Å². The molecule has 0 fully saturated rings. The lowest BCUT2D eigenvalue weighted by atomic mass is 10.1. The molecule has 96 valence electrons. The summed E-state index contributed by atoms with van der Waals surface area (Å²) in [5, 5.41) is 2.10. The zero-order valence-corrected chi connectivity index (χ0v) is 12.0. The van der Waals surface area contributed by atoms with Gasteiger partial charge in [0.15, 0.2) is 5.78 Å². The van der Waals surface area contributed by atoms with E-state index in [1.54, 1.807) is 18.3 Å². The summed E-state index contributed by atoms with van der Waals surface area (Å²) in [6.45, 7) is 3.75. The van der Waals surface area contributed by atoms with Crippen molar-refractivity contribution in [3.05, 3.63) is 57.3 Å². The molecule has 0 N–H and O–H groups in total. The molecule has 0 saturated heterocycles. The minimum atomic E-state index is 0.0848. The summed E-state index contributed by atoms with van der Waals surface area (Å²) in [6.07, 6.45) is 2.29. The summed E-state index contributed by atoms with van der Waals surface area (Å²) in [4.78, 5) is 12.6. The molecule has 0 aliphatic carbocycles. The number of hydrogen-bond donors (Lipinski definition) is 0. The van der Waals surface area contributed by atoms with E-state index in [-0.39, 0.29) is 5.78 Å². The number of carbonyl (C=O) groups is 1. The highest BCUT2D eigenvalue weighted by atomic mass is 32.1. The molecule has 0 unspecified atom stereocenters. The van der Waals surface area contributed by atoms with Crippen molar-refractivity contribution in [3.63, 3.8) is 0 Å². The first kappa shape index (κ1) is 13.6. The van der Waals surface area contributed by atoms with Crippen molar-refractivity contribution >= 4 is 17.1 Å². The van der Waals surface area contributed by atoms with E-state index in [1.807, 2.05) is 24.3 Å². The molecule has 2 rings (SSSR count). The molecular weight excluding hydrogens is 252 g/mol. The first-order valence-electron chi connectivity index (χ1n) is 6.39. The molecule has 19 heavy (non-hydrogen) atoms. The van der Waals surface area contributed by atoms with Crippen LogP contribution in [0.25, 0.3) is 0 Å². The van der Waals surface area contributed by atoms with Crippen LogP contribution in [0.2, 0.25) is 0 Å². The van der Waals surface area contributed by atoms with Gasteiger partial charge in [0.25, 0.3) is 0 Å². The third-order valence-electron chi connectivity index (χ3n) is 2.79. The third-order valence-corrected chi connectivity index (χ3v) is 3.79. The lowest BCUT2D eigenvalue weighted by molar-refractivity contribution is 0.101. The van der Waals surface area contributed by atoms with E-state index < -0.39 is 0 Å². The molecule has 0 bridgehead atoms. The third kappa shape index (κ3) is 3.81. The molecule has 1 nitrogen and oxygen atoms in total. The molecule has 0 aliphatic heterocycles. The van der Waals surface area contributed by atoms with Gasteiger partial charge in [-0.15, -0.1) is 11.3 Å². The number of rotatable bonds is 3. The van der Waals surface area contributed by atoms with Gasteiger partial charge in [0, 0.05) is 26.9 Å². The molecule has 1 aromatic heterocycles. The number of hydrogen-bond acceptors (Lipinski definition) is 2. The maximum absolute atomic E-state index is 11.2. The van der Waals surface area contributed by atoms with Crippen LogP contribution in [-0.2, 0) is 6.42 Å². The molecule has 0 aliphatic rings. The van der Waals surface area contributed by atoms with Gasteiger partial charge in [-0.2, -0.15) is 0 Å². The SMILES string of the molecule is CCCc1cc(C#Cc2ccc(C(C)=O)cc2)cs1. The molecule has 2 heteroatoms. The molecule has 2 aromatic rings. The molecule has 1 heterocycles. The molecule has 0 saturated carbocycles. The van der Waals surface area contributed by atoms with Gasteiger partial charge in [-0.1, -0.05) is 37.3 Å². The Morgan fingerprint density at radius 3 is 2.47 bits per heavy atom. The Labute approximate surface area is 118 Å². The second-order valence-electron chi connectivity index (χ2n) is 4.44. The van der Waals surface area contributed by atoms with Crippen LogP contribution in [0.4, 0.5) is 0 Å². The second kappa shape index (κ2) is 6.36. The maximum Gasteiger partial charge on any atom is 0.159 e. The highest BCUT2D eigenvalue weighted by Crippen LogP contribution is 2.15. The average Bonchev–Trinajstić information content (AvgIpc) is 2.85. The molecule has 0 spiro atoms. The second-order valence-corrected chi connectivity index (χ2v) is 5.43. The molecule has 0 radical (unpaired) electrons. The summed E-state index contributed by atoms with van der Waals surface area (Å²) in [5.41, 5.74) is 2.74. The smallest absolute Gasteiger partial charge is 0.159 e. The van der Waals surface area contributed by atoms with Gasteiger partial charge in [0.2, 0.25) is 0 Å². The van der Waals surface area contributed by atoms with Crippen molar-refractivity contribution < 1.29 is 4.79 Å². The zero-order chi connectivity index (χ0) is 13.7. The normalized spacial score (nSPS) is 9.79. The van der Waals surface area contributed by atoms with Crippen LogP contribution in [0, 0.1) is 11.8 Å². The van der Waals surface area contributed by atoms with E-state index >= 15 is 0 Å². The van der Waals surface area contributed by atoms with Crippen LogP contribution in [0.15, 0.2) is 35.7 Å². The van der Waals surface area contributed by atoms with Crippen LogP contribution in [-0.4, -0.2) is 5.78 Å². The van der Waals surface area contributed by atoms with E-state index in [1.165, 1.54) is 11.3 Å². The van der Waals surface area contributed by atoms with E-state index in [9.17, 15) is 4.79 Å². The summed E-state index contributed by atoms with van der Waals surface area (Å²) in [7, 11) is 0. The number of ketones is 1. The summed E-state index contributed by atoms with van der Waals surface area (Å²) in [5.74, 6) is 6.38. The van der Waals surface area contributed by atoms with Gasteiger partial charge in [-0.05, 0) is 31.5 Å². The van der Waals surface area contributed by atoms with Crippen molar-refractivity contribution in [1.82, 2.24) is 0 Å². The number of carbonyl (C=O) groups excluding carboxylic acids is 1. The molecule has 0 atom stereocenters. The zero-order valence-electron chi connectivity index (χ0n) is 11.2. The Balaban J connectivity index is 2.12. The Kier molecular flexibility index (Phi) is 4.54. The Morgan fingerprint density at radius 2 is 1.84 bits per heavy atom. The Hall–Kier alpha value is -1.85. The van der Waals surface area contributed by atoms with Gasteiger partial charge < -0.3 is 0 Å². The largest absolute Gasteiger partial charge is 0.295 e. The fourth-order valence-corrected chi connectivity index (χ4v) is 2.68. The number of thiophene rings is 1. The molecular formula is C17H16OS. The van der Waals surface area contributed by atoms with Gasteiger partial charge in [-0.25, -0.2) is 0 Å². The van der Waals surface area contributed by atoms with Crippen molar-refractivity contribution in [1.29, 1.82) is 0 Å². The van der Waals surface area contributed by atoms with E-state index in [0.717, 1.165) is 23.1 Å². The quantitative estimate of drug-likeness (QED) is 0.599. The first-order chi connectivity index (χ1) is 9.19. The average molecular weight is 268 g/mol. The van der Waals surface area contributed by atoms with Crippen molar-refractivity contribution in [2.75, 3.05) is 0 Å². The van der Waals surface area contributed by atoms with Crippen LogP contribution in [0.5, 0.6) is 0 Å². The number of benzene rings is 1. The Bertz CT molecular complexity index is 623. The van der Waals surface area contributed by atoms with Crippen LogP contribution < -0.4 is 0 Å². The minimum absolute atomic E-state index is 0.0848. The summed E-state index contributed by atoms with van der Waals surface area (Å²) in [6, 6.07) is 9.59. The lowest BCUT2D eigenvalue weighted by Gasteiger charge is -1.94. The van der Waals surface area contributed by atoms with Gasteiger partial charge >= 0.3 is 0 Å². The van der Waals surface area contributed by atoms with Crippen LogP contribution in [0.1, 0.15) is 46.6 Å². The predicted molar refractivity (Wildman–Crippen MR) is 80.7 cm³/mol. The minimum Gasteiger partial charge on any atom is -0.295 e. The van der Waals surface area contributed by atoms with Gasteiger partial charge in [0.1, 0.15) is 0 Å². The van der Waals surface area contributed by atoms with Crippen LogP contribution >= 0.6 is 11.3 Å². The van der Waals surface area contributed by atoms with Gasteiger partial charge in [-0.3, -0.25) is 4.79 Å². The topological polar surface area (TPSA) is 17.1 Å². The summed E-state index contributed by atoms with van der Waals surface area (Å²) < 4.78 is 0. The molecule has 1 aromatic carbocycles. The highest BCUT2D eigenvalue weighted by Gasteiger charge is 1.98. The predicted octanol–water partition coefficient (Wildman–Crippen LogP) is 4.30. The standard InChI is InChI=1S/C17H16OS/c1-3-4-17-11-15(12-19-17)6-5-14-7-9-16(10-8-14)13(2)18/h7-12H,3-4H2,1-2H3. The van der Waals surface area contributed by atoms with Crippen molar-refractivity contribution in [2.24, 2.45) is 0 Å². The van der Waals surface area contributed by atoms with E-state index in [4.69, 9.17) is 0 Å². The van der Waals surface area contributed by atoms with Crippen LogP contribution in [0.3, 0.4) is 0 Å². The van der Waals surface area contributed by atoms with Crippen molar-refractivity contribution in [3.8, 4) is 11.8 Å². The Morgan fingerprint density at radius 1 is 1.16 bits per heavy atom. The summed E-state index contributed by atoms with van der Waals surface area (Å²) >= 11 is 1.77. The van der Waals surface area contributed by atoms with E-state index in [2.05, 4.69) is 30.2 Å². The number of Topliss-reactive ketones (excluding diaryl/α,β-unsaturated/α-hetero) is 1. The lowest BCUT2D eigenvalue weighted by Crippen LogP contribution is -1.90. The monoisotopic (exact) mass is 268 g/mol. The highest BCUT2D eigenvalue weighted by molar-refractivity contribution is 7.10. The fourth-order valence-electron chi connectivity index (χ4n) is 1.76. The van der Waals surface area contributed by atoms with E-state index in [0.29, 0.717) is 0 Å². The first-order valence-corrected chi connectivity index (χ1v) is 7.27. The fraction of sp³-hybridized carbons (Fsp3) is 0.235. The van der Waals surface area contributed by atoms with Crippen molar-refractivity contribution in [2.45, 2.75) is 26.7 Å². The number of aryl methyl sites for hydroxylation is 1. The maximum atomic E-state index is 11.2. The molecule has 0 amide bonds.